The number of ether oxygens (including phenoxy) is 2. The molecule has 1 fully saturated rings. The number of aliphatic hydroxyl groups is 1. The summed E-state index contributed by atoms with van der Waals surface area (Å²) >= 11 is 0. The van der Waals surface area contributed by atoms with Gasteiger partial charge in [0, 0.05) is 6.10 Å². The summed E-state index contributed by atoms with van der Waals surface area (Å²) in [6, 6.07) is 0. The van der Waals surface area contributed by atoms with Gasteiger partial charge in [-0.05, 0) is 13.8 Å². The monoisotopic (exact) mass is 201 g/mol. The van der Waals surface area contributed by atoms with Crippen LogP contribution in [-0.2, 0) is 9.47 Å². The highest BCUT2D eigenvalue weighted by molar-refractivity contribution is 4.37. The summed E-state index contributed by atoms with van der Waals surface area (Å²) in [6.07, 6.45) is -0.167. The summed E-state index contributed by atoms with van der Waals surface area (Å²) in [4.78, 5) is 0. The van der Waals surface area contributed by atoms with Crippen LogP contribution in [0, 0.1) is 0 Å². The first-order valence-electron chi connectivity index (χ1n) is 3.57. The lowest BCUT2D eigenvalue weighted by molar-refractivity contribution is -0.0334. The van der Waals surface area contributed by atoms with Crippen LogP contribution in [0.1, 0.15) is 13.8 Å². The van der Waals surface area contributed by atoms with Crippen LogP contribution in [0.15, 0.2) is 0 Å². The van der Waals surface area contributed by atoms with Crippen molar-refractivity contribution in [1.82, 2.24) is 6.15 Å². The molecule has 0 aliphatic carbocycles. The first-order valence-corrected chi connectivity index (χ1v) is 3.57. The highest BCUT2D eigenvalue weighted by Crippen LogP contribution is 1.85. The highest BCUT2D eigenvalue weighted by Gasteiger charge is 1.94. The predicted octanol–water partition coefficient (Wildman–Crippen LogP) is -1.07. The van der Waals surface area contributed by atoms with Crippen LogP contribution in [0.4, 0.5) is 0 Å². The fourth-order valence-corrected chi connectivity index (χ4v) is 0.440. The fraction of sp³-hybridized carbons (Fsp3) is 1.00. The summed E-state index contributed by atoms with van der Waals surface area (Å²) in [5.41, 5.74) is 0. The molecule has 8 N–H and O–H groups in total. The molecule has 0 saturated carbocycles. The van der Waals surface area contributed by atoms with Gasteiger partial charge in [-0.1, -0.05) is 0 Å². The molecule has 6 heteroatoms. The SMILES string of the molecule is C1COCCO1.CC(C)O.N.O.O. The number of rotatable bonds is 0. The molecule has 0 unspecified atom stereocenters. The minimum Gasteiger partial charge on any atom is -0.412 e. The van der Waals surface area contributed by atoms with Gasteiger partial charge >= 0.3 is 0 Å². The van der Waals surface area contributed by atoms with Gasteiger partial charge in [-0.15, -0.1) is 0 Å². The van der Waals surface area contributed by atoms with Gasteiger partial charge in [-0.2, -0.15) is 0 Å². The molecule has 1 heterocycles. The van der Waals surface area contributed by atoms with E-state index in [2.05, 4.69) is 0 Å². The fourth-order valence-electron chi connectivity index (χ4n) is 0.440. The lowest BCUT2D eigenvalue weighted by atomic mass is 10.5. The Balaban J connectivity index is -0.0000000536. The second-order valence-corrected chi connectivity index (χ2v) is 2.32. The van der Waals surface area contributed by atoms with Crippen molar-refractivity contribution in [2.75, 3.05) is 26.4 Å². The molecule has 1 aliphatic heterocycles. The Morgan fingerprint density at radius 2 is 1.08 bits per heavy atom. The van der Waals surface area contributed by atoms with Gasteiger partial charge in [0.2, 0.25) is 0 Å². The zero-order valence-electron chi connectivity index (χ0n) is 8.38. The van der Waals surface area contributed by atoms with Crippen LogP contribution < -0.4 is 6.15 Å². The van der Waals surface area contributed by atoms with Crippen molar-refractivity contribution in [3.63, 3.8) is 0 Å². The third-order valence-corrected chi connectivity index (χ3v) is 0.744. The maximum absolute atomic E-state index is 8.06. The summed E-state index contributed by atoms with van der Waals surface area (Å²) in [5.74, 6) is 0. The van der Waals surface area contributed by atoms with E-state index in [9.17, 15) is 0 Å². The quantitative estimate of drug-likeness (QED) is 0.515. The topological polar surface area (TPSA) is 137 Å². The Kier molecular flexibility index (Phi) is 31.4. The normalized spacial score (nSPS) is 13.8. The zero-order chi connectivity index (χ0) is 7.82. The van der Waals surface area contributed by atoms with Crippen LogP contribution >= 0.6 is 0 Å². The molecular formula is C7H23NO5. The molecule has 1 rings (SSSR count). The van der Waals surface area contributed by atoms with Crippen molar-refractivity contribution in [2.24, 2.45) is 0 Å². The molecule has 1 saturated heterocycles. The Bertz CT molecular complexity index is 53.6. The van der Waals surface area contributed by atoms with E-state index < -0.39 is 0 Å². The molecule has 0 spiro atoms. The van der Waals surface area contributed by atoms with E-state index in [1.165, 1.54) is 0 Å². The lowest BCUT2D eigenvalue weighted by Gasteiger charge is -2.09. The highest BCUT2D eigenvalue weighted by atomic mass is 16.6. The van der Waals surface area contributed by atoms with E-state index in [-0.39, 0.29) is 23.2 Å². The first kappa shape index (κ1) is 23.0. The molecule has 0 radical (unpaired) electrons. The first-order chi connectivity index (χ1) is 4.73. The molecule has 0 atom stereocenters. The molecule has 0 bridgehead atoms. The van der Waals surface area contributed by atoms with Crippen molar-refractivity contribution >= 4 is 0 Å². The van der Waals surface area contributed by atoms with Gasteiger partial charge in [0.25, 0.3) is 0 Å². The molecule has 0 aromatic heterocycles. The summed E-state index contributed by atoms with van der Waals surface area (Å²) in [5, 5.41) is 8.06. The molecule has 0 aromatic carbocycles. The van der Waals surface area contributed by atoms with E-state index in [0.717, 1.165) is 26.4 Å². The van der Waals surface area contributed by atoms with Crippen LogP contribution in [0.2, 0.25) is 0 Å². The second kappa shape index (κ2) is 17.7. The van der Waals surface area contributed by atoms with Gasteiger partial charge in [0.15, 0.2) is 0 Å². The van der Waals surface area contributed by atoms with Crippen molar-refractivity contribution in [3.05, 3.63) is 0 Å². The van der Waals surface area contributed by atoms with Crippen molar-refractivity contribution < 1.29 is 25.5 Å². The maximum atomic E-state index is 8.06. The standard InChI is InChI=1S/C4H8O2.C3H8O.H3N.2H2O/c1-2-6-4-3-5-1;1-3(2)4;;;/h1-4H2;3-4H,1-2H3;1H3;2*1H2. The van der Waals surface area contributed by atoms with Crippen LogP contribution in [-0.4, -0.2) is 48.6 Å². The third-order valence-electron chi connectivity index (χ3n) is 0.744. The molecule has 13 heavy (non-hydrogen) atoms. The summed E-state index contributed by atoms with van der Waals surface area (Å²) in [6.45, 7) is 6.56. The average Bonchev–Trinajstić information content (AvgIpc) is 1.90. The molecule has 0 amide bonds. The van der Waals surface area contributed by atoms with E-state index in [1.54, 1.807) is 13.8 Å². The minimum atomic E-state index is -0.167. The predicted molar refractivity (Wildman–Crippen MR) is 51.2 cm³/mol. The number of aliphatic hydroxyl groups excluding tert-OH is 1. The van der Waals surface area contributed by atoms with E-state index >= 15 is 0 Å². The Morgan fingerprint density at radius 1 is 0.923 bits per heavy atom. The van der Waals surface area contributed by atoms with Crippen molar-refractivity contribution in [3.8, 4) is 0 Å². The van der Waals surface area contributed by atoms with Gasteiger partial charge in [-0.25, -0.2) is 0 Å². The van der Waals surface area contributed by atoms with Crippen molar-refractivity contribution in [1.29, 1.82) is 0 Å². The largest absolute Gasteiger partial charge is 0.412 e. The van der Waals surface area contributed by atoms with Crippen LogP contribution in [0.5, 0.6) is 0 Å². The third kappa shape index (κ3) is 33.8. The van der Waals surface area contributed by atoms with E-state index in [4.69, 9.17) is 14.6 Å². The van der Waals surface area contributed by atoms with Crippen LogP contribution in [0.25, 0.3) is 0 Å². The maximum Gasteiger partial charge on any atom is 0.0701 e. The average molecular weight is 201 g/mol. The Morgan fingerprint density at radius 3 is 1.15 bits per heavy atom. The number of hydrogen-bond donors (Lipinski definition) is 2. The van der Waals surface area contributed by atoms with Gasteiger partial charge in [-0.3, -0.25) is 0 Å². The Labute approximate surface area is 79.0 Å². The molecular weight excluding hydrogens is 178 g/mol. The molecule has 86 valence electrons. The lowest BCUT2D eigenvalue weighted by Crippen LogP contribution is -2.16. The van der Waals surface area contributed by atoms with E-state index in [0.29, 0.717) is 0 Å². The minimum absolute atomic E-state index is 0. The van der Waals surface area contributed by atoms with Gasteiger partial charge in [0.05, 0.1) is 26.4 Å². The zero-order valence-corrected chi connectivity index (χ0v) is 8.38. The molecule has 1 aliphatic rings. The molecule has 6 nitrogen and oxygen atoms in total. The van der Waals surface area contributed by atoms with Crippen LogP contribution in [0.3, 0.4) is 0 Å². The summed E-state index contributed by atoms with van der Waals surface area (Å²) < 4.78 is 9.89. The van der Waals surface area contributed by atoms with Crippen molar-refractivity contribution in [2.45, 2.75) is 20.0 Å². The molecule has 0 aromatic rings. The smallest absolute Gasteiger partial charge is 0.0701 e. The second-order valence-electron chi connectivity index (χ2n) is 2.32. The van der Waals surface area contributed by atoms with Gasteiger partial charge in [0.1, 0.15) is 0 Å². The van der Waals surface area contributed by atoms with Gasteiger partial charge < -0.3 is 31.7 Å². The summed E-state index contributed by atoms with van der Waals surface area (Å²) in [7, 11) is 0. The Hall–Kier alpha value is -0.240. The van der Waals surface area contributed by atoms with E-state index in [1.807, 2.05) is 0 Å². The number of hydrogen-bond acceptors (Lipinski definition) is 4.